The van der Waals surface area contributed by atoms with Gasteiger partial charge in [-0.15, -0.1) is 11.3 Å². The molecule has 1 atom stereocenters. The van der Waals surface area contributed by atoms with Gasteiger partial charge in [0.25, 0.3) is 11.8 Å². The van der Waals surface area contributed by atoms with E-state index in [0.717, 1.165) is 17.5 Å². The van der Waals surface area contributed by atoms with Crippen molar-refractivity contribution in [2.24, 2.45) is 0 Å². The average molecular weight is 542 g/mol. The van der Waals surface area contributed by atoms with Gasteiger partial charge in [0.2, 0.25) is 5.91 Å². The number of rotatable bonds is 5. The number of amides is 3. The number of hydrogen-bond donors (Lipinski definition) is 2. The van der Waals surface area contributed by atoms with Crippen LogP contribution in [0.4, 0.5) is 19.0 Å². The molecule has 1 aliphatic heterocycles. The van der Waals surface area contributed by atoms with Crippen molar-refractivity contribution in [3.8, 4) is 0 Å². The lowest BCUT2D eigenvalue weighted by atomic mass is 10.2. The first-order valence-electron chi connectivity index (χ1n) is 10.5. The van der Waals surface area contributed by atoms with Crippen LogP contribution in [0.2, 0.25) is 5.02 Å². The summed E-state index contributed by atoms with van der Waals surface area (Å²) >= 11 is 6.52. The molecule has 0 radical (unpaired) electrons. The monoisotopic (exact) mass is 541 g/mol. The second kappa shape index (κ2) is 9.85. The van der Waals surface area contributed by atoms with E-state index in [1.54, 1.807) is 16.4 Å². The number of fused-ring (bicyclic) bond motifs is 1. The van der Waals surface area contributed by atoms with Crippen molar-refractivity contribution in [2.75, 3.05) is 11.9 Å². The third-order valence-electron chi connectivity index (χ3n) is 5.41. The highest BCUT2D eigenvalue weighted by atomic mass is 35.5. The fraction of sp³-hybridized carbons (Fsp3) is 0.333. The predicted molar refractivity (Wildman–Crippen MR) is 124 cm³/mol. The molecule has 2 N–H and O–H groups in total. The van der Waals surface area contributed by atoms with Crippen LogP contribution in [-0.4, -0.2) is 48.7 Å². The van der Waals surface area contributed by atoms with Crippen molar-refractivity contribution in [1.82, 2.24) is 29.7 Å². The number of pyridine rings is 1. The first kappa shape index (κ1) is 25.6. The molecule has 0 saturated heterocycles. The fourth-order valence-electron chi connectivity index (χ4n) is 3.54. The molecule has 0 fully saturated rings. The van der Waals surface area contributed by atoms with Crippen molar-refractivity contribution < 1.29 is 27.6 Å². The molecule has 0 spiro atoms. The Bertz CT molecular complexity index is 1340. The molecule has 3 aromatic heterocycles. The summed E-state index contributed by atoms with van der Waals surface area (Å²) in [6.45, 7) is 4.37. The Kier molecular flexibility index (Phi) is 7.00. The molecule has 4 rings (SSSR count). The molecule has 4 heterocycles. The van der Waals surface area contributed by atoms with Gasteiger partial charge in [-0.1, -0.05) is 11.6 Å². The van der Waals surface area contributed by atoms with E-state index in [-0.39, 0.29) is 16.6 Å². The van der Waals surface area contributed by atoms with Gasteiger partial charge in [0, 0.05) is 26.2 Å². The Balaban J connectivity index is 1.41. The highest BCUT2D eigenvalue weighted by Gasteiger charge is 2.34. The van der Waals surface area contributed by atoms with Gasteiger partial charge in [0.1, 0.15) is 27.2 Å². The molecule has 0 unspecified atom stereocenters. The Morgan fingerprint density at radius 3 is 2.56 bits per heavy atom. The number of aromatic nitrogens is 4. The Hall–Kier alpha value is -3.52. The zero-order chi connectivity index (χ0) is 26.2. The van der Waals surface area contributed by atoms with Crippen molar-refractivity contribution in [2.45, 2.75) is 39.2 Å². The van der Waals surface area contributed by atoms with Crippen LogP contribution in [0.1, 0.15) is 56.4 Å². The number of hydrogen-bond acceptors (Lipinski definition) is 7. The fourth-order valence-corrected chi connectivity index (χ4v) is 4.56. The number of anilines is 1. The van der Waals surface area contributed by atoms with Gasteiger partial charge in [-0.2, -0.15) is 13.2 Å². The number of nitrogens with zero attached hydrogens (tertiary/aromatic N) is 5. The first-order valence-corrected chi connectivity index (χ1v) is 11.7. The molecule has 0 aliphatic carbocycles. The molecule has 0 bridgehead atoms. The van der Waals surface area contributed by atoms with Gasteiger partial charge in [0.15, 0.2) is 0 Å². The van der Waals surface area contributed by atoms with Gasteiger partial charge < -0.3 is 20.1 Å². The number of nitrogens with one attached hydrogen (secondary N) is 2. The minimum atomic E-state index is -4.70. The van der Waals surface area contributed by atoms with Crippen molar-refractivity contribution >= 4 is 46.5 Å². The minimum Gasteiger partial charge on any atom is -0.342 e. The zero-order valence-corrected chi connectivity index (χ0v) is 20.5. The Morgan fingerprint density at radius 2 is 1.86 bits per heavy atom. The summed E-state index contributed by atoms with van der Waals surface area (Å²) in [6.07, 6.45) is -1.19. The van der Waals surface area contributed by atoms with Crippen molar-refractivity contribution in [3.63, 3.8) is 0 Å². The lowest BCUT2D eigenvalue weighted by molar-refractivity contribution is -0.137. The van der Waals surface area contributed by atoms with E-state index >= 15 is 0 Å². The Morgan fingerprint density at radius 1 is 1.11 bits per heavy atom. The van der Waals surface area contributed by atoms with Crippen LogP contribution < -0.4 is 10.6 Å². The molecule has 10 nitrogen and oxygen atoms in total. The standard InChI is InChI=1S/C21H19ClF3N7O3S/c1-10(29-18(34)14-7-27-17-9-31(11(2)33)3-4-32(14)17)20-28-8-15(36-20)19(35)30-16-5-12(21(23,24)25)13(22)6-26-16/h5-8,10H,3-4,9H2,1-2H3,(H,29,34)(H,26,30,35)/t10-/m1/s1. The molecule has 15 heteroatoms. The van der Waals surface area contributed by atoms with E-state index in [1.165, 1.54) is 19.3 Å². The third kappa shape index (κ3) is 5.33. The maximum Gasteiger partial charge on any atom is 0.418 e. The number of carbonyl (C=O) groups excluding carboxylic acids is 3. The molecular weight excluding hydrogens is 523 g/mol. The molecule has 3 aromatic rings. The summed E-state index contributed by atoms with van der Waals surface area (Å²) in [5.41, 5.74) is -0.782. The maximum absolute atomic E-state index is 13.0. The third-order valence-corrected chi connectivity index (χ3v) is 6.89. The number of alkyl halides is 3. The van der Waals surface area contributed by atoms with Crippen LogP contribution in [0.25, 0.3) is 0 Å². The number of imidazole rings is 1. The summed E-state index contributed by atoms with van der Waals surface area (Å²) in [4.78, 5) is 50.8. The normalized spacial score (nSPS) is 14.2. The Labute approximate surface area is 211 Å². The summed E-state index contributed by atoms with van der Waals surface area (Å²) in [5.74, 6) is -0.891. The second-order valence-corrected chi connectivity index (χ2v) is 9.38. The van der Waals surface area contributed by atoms with Gasteiger partial charge >= 0.3 is 6.18 Å². The average Bonchev–Trinajstić information content (AvgIpc) is 3.47. The van der Waals surface area contributed by atoms with E-state index in [4.69, 9.17) is 11.6 Å². The van der Waals surface area contributed by atoms with E-state index in [0.29, 0.717) is 42.2 Å². The molecule has 1 aliphatic rings. The lowest BCUT2D eigenvalue weighted by Gasteiger charge is -2.27. The topological polar surface area (TPSA) is 122 Å². The second-order valence-electron chi connectivity index (χ2n) is 7.91. The van der Waals surface area contributed by atoms with E-state index in [9.17, 15) is 27.6 Å². The molecular formula is C21H19ClF3N7O3S. The van der Waals surface area contributed by atoms with Gasteiger partial charge in [-0.05, 0) is 13.0 Å². The molecule has 3 amide bonds. The van der Waals surface area contributed by atoms with Crippen LogP contribution >= 0.6 is 22.9 Å². The number of thiazole rings is 1. The summed E-state index contributed by atoms with van der Waals surface area (Å²) in [5, 5.41) is 4.92. The highest BCUT2D eigenvalue weighted by molar-refractivity contribution is 7.13. The van der Waals surface area contributed by atoms with Crippen LogP contribution in [0.3, 0.4) is 0 Å². The molecule has 36 heavy (non-hydrogen) atoms. The van der Waals surface area contributed by atoms with Crippen LogP contribution in [0.15, 0.2) is 24.7 Å². The summed E-state index contributed by atoms with van der Waals surface area (Å²) in [7, 11) is 0. The smallest absolute Gasteiger partial charge is 0.342 e. The lowest BCUT2D eigenvalue weighted by Crippen LogP contribution is -2.38. The molecule has 0 aromatic carbocycles. The highest BCUT2D eigenvalue weighted by Crippen LogP contribution is 2.35. The van der Waals surface area contributed by atoms with Gasteiger partial charge in [0.05, 0.1) is 35.6 Å². The molecule has 190 valence electrons. The first-order chi connectivity index (χ1) is 16.9. The van der Waals surface area contributed by atoms with E-state index in [1.807, 2.05) is 0 Å². The summed E-state index contributed by atoms with van der Waals surface area (Å²) < 4.78 is 40.9. The van der Waals surface area contributed by atoms with Crippen LogP contribution in [0, 0.1) is 0 Å². The number of halogens is 4. The maximum atomic E-state index is 13.0. The number of carbonyl (C=O) groups is 3. The zero-order valence-electron chi connectivity index (χ0n) is 18.9. The SMILES string of the molecule is CC(=O)N1CCn2c(C(=O)N[C@H](C)c3ncc(C(=O)Nc4cc(C(F)(F)F)c(Cl)cn4)s3)cnc2C1. The van der Waals surface area contributed by atoms with E-state index in [2.05, 4.69) is 25.6 Å². The van der Waals surface area contributed by atoms with Crippen LogP contribution in [-0.2, 0) is 24.1 Å². The van der Waals surface area contributed by atoms with Gasteiger partial charge in [-0.3, -0.25) is 14.4 Å². The van der Waals surface area contributed by atoms with Crippen molar-refractivity contribution in [3.05, 3.63) is 56.6 Å². The molecule has 0 saturated carbocycles. The van der Waals surface area contributed by atoms with Gasteiger partial charge in [-0.25, -0.2) is 15.0 Å². The summed E-state index contributed by atoms with van der Waals surface area (Å²) in [6, 6.07) is 0.0744. The largest absolute Gasteiger partial charge is 0.418 e. The quantitative estimate of drug-likeness (QED) is 0.510. The van der Waals surface area contributed by atoms with Crippen LogP contribution in [0.5, 0.6) is 0 Å². The minimum absolute atomic E-state index is 0.0693. The van der Waals surface area contributed by atoms with E-state index < -0.39 is 34.6 Å². The predicted octanol–water partition coefficient (Wildman–Crippen LogP) is 3.51. The van der Waals surface area contributed by atoms with Crippen molar-refractivity contribution in [1.29, 1.82) is 0 Å².